The summed E-state index contributed by atoms with van der Waals surface area (Å²) in [6, 6.07) is 13.9. The fourth-order valence-electron chi connectivity index (χ4n) is 2.83. The normalized spacial score (nSPS) is 10.7. The van der Waals surface area contributed by atoms with E-state index in [0.717, 1.165) is 22.5 Å². The van der Waals surface area contributed by atoms with E-state index in [1.165, 1.54) is 18.0 Å². The Morgan fingerprint density at radius 3 is 2.30 bits per heavy atom. The van der Waals surface area contributed by atoms with Crippen LogP contribution in [-0.2, 0) is 0 Å². The van der Waals surface area contributed by atoms with E-state index in [4.69, 9.17) is 0 Å². The van der Waals surface area contributed by atoms with E-state index in [2.05, 4.69) is 40.5 Å². The Kier molecular flexibility index (Phi) is 5.50. The van der Waals surface area contributed by atoms with Crippen LogP contribution in [0.15, 0.2) is 54.9 Å². The number of carbonyl (C=O) groups excluding carboxylic acids is 1. The minimum atomic E-state index is -0.224. The number of rotatable bonds is 5. The maximum Gasteiger partial charge on any atom is 0.258 e. The molecule has 0 bridgehead atoms. The van der Waals surface area contributed by atoms with Gasteiger partial charge in [-0.15, -0.1) is 0 Å². The molecule has 1 amide bonds. The van der Waals surface area contributed by atoms with Crippen LogP contribution < -0.4 is 10.6 Å². The van der Waals surface area contributed by atoms with E-state index in [1.807, 2.05) is 50.2 Å². The lowest BCUT2D eigenvalue weighted by Gasteiger charge is -2.13. The predicted octanol–water partition coefficient (Wildman–Crippen LogP) is 5.21. The van der Waals surface area contributed by atoms with E-state index in [-0.39, 0.29) is 5.91 Å². The number of hydrogen-bond donors (Lipinski definition) is 2. The Hall–Kier alpha value is -3.21. The van der Waals surface area contributed by atoms with Crippen molar-refractivity contribution in [1.29, 1.82) is 0 Å². The number of aromatic nitrogens is 2. The fraction of sp³-hybridized carbons (Fsp3) is 0.227. The van der Waals surface area contributed by atoms with Gasteiger partial charge in [-0.1, -0.05) is 44.2 Å². The highest BCUT2D eigenvalue weighted by atomic mass is 16.1. The van der Waals surface area contributed by atoms with Crippen molar-refractivity contribution in [2.75, 3.05) is 10.6 Å². The highest BCUT2D eigenvalue weighted by Crippen LogP contribution is 2.25. The number of hydrogen-bond acceptors (Lipinski definition) is 4. The molecule has 0 aliphatic heterocycles. The number of nitrogens with one attached hydrogen (secondary N) is 2. The van der Waals surface area contributed by atoms with E-state index in [9.17, 15) is 4.79 Å². The molecule has 0 radical (unpaired) electrons. The number of carbonyl (C=O) groups is 1. The molecule has 3 aromatic rings. The number of para-hydroxylation sites is 1. The summed E-state index contributed by atoms with van der Waals surface area (Å²) in [5.41, 5.74) is 5.56. The molecule has 2 N–H and O–H groups in total. The molecule has 0 spiro atoms. The number of nitrogens with zero attached hydrogens (tertiary/aromatic N) is 2. The van der Waals surface area contributed by atoms with Gasteiger partial charge in [-0.3, -0.25) is 4.79 Å². The second-order valence-corrected chi connectivity index (χ2v) is 6.86. The van der Waals surface area contributed by atoms with Gasteiger partial charge >= 0.3 is 0 Å². The summed E-state index contributed by atoms with van der Waals surface area (Å²) in [6.45, 7) is 8.29. The van der Waals surface area contributed by atoms with Crippen LogP contribution in [0, 0.1) is 13.8 Å². The molecule has 0 unspecified atom stereocenters. The largest absolute Gasteiger partial charge is 0.324 e. The van der Waals surface area contributed by atoms with Crippen molar-refractivity contribution in [2.45, 2.75) is 33.6 Å². The third-order valence-electron chi connectivity index (χ3n) is 4.60. The van der Waals surface area contributed by atoms with Crippen LogP contribution in [0.3, 0.4) is 0 Å². The van der Waals surface area contributed by atoms with Crippen molar-refractivity contribution < 1.29 is 4.79 Å². The van der Waals surface area contributed by atoms with E-state index >= 15 is 0 Å². The summed E-state index contributed by atoms with van der Waals surface area (Å²) in [5.74, 6) is 0.625. The summed E-state index contributed by atoms with van der Waals surface area (Å²) in [5, 5.41) is 6.15. The van der Waals surface area contributed by atoms with Gasteiger partial charge in [0.1, 0.15) is 0 Å². The molecular formula is C22H24N4O. The minimum absolute atomic E-state index is 0.224. The van der Waals surface area contributed by atoms with Gasteiger partial charge in [-0.2, -0.15) is 0 Å². The monoisotopic (exact) mass is 360 g/mol. The second kappa shape index (κ2) is 7.99. The first-order valence-electron chi connectivity index (χ1n) is 9.01. The molecule has 138 valence electrons. The van der Waals surface area contributed by atoms with Crippen molar-refractivity contribution in [3.63, 3.8) is 0 Å². The molecule has 1 heterocycles. The Bertz CT molecular complexity index is 949. The fourth-order valence-corrected chi connectivity index (χ4v) is 2.83. The van der Waals surface area contributed by atoms with Crippen molar-refractivity contribution in [1.82, 2.24) is 9.97 Å². The van der Waals surface area contributed by atoms with Crippen LogP contribution in [0.1, 0.15) is 46.8 Å². The summed E-state index contributed by atoms with van der Waals surface area (Å²) < 4.78 is 0. The SMILES string of the molecule is Cc1cccc(NC(=O)c2cnc(Nc3ccccc3C(C)C)nc2)c1C. The average molecular weight is 360 g/mol. The number of benzene rings is 2. The Morgan fingerprint density at radius 2 is 1.59 bits per heavy atom. The van der Waals surface area contributed by atoms with Crippen LogP contribution in [0.4, 0.5) is 17.3 Å². The molecule has 0 saturated heterocycles. The molecule has 0 atom stereocenters. The third kappa shape index (κ3) is 4.31. The van der Waals surface area contributed by atoms with Gasteiger partial charge in [-0.25, -0.2) is 9.97 Å². The maximum atomic E-state index is 12.5. The Morgan fingerprint density at radius 1 is 0.926 bits per heavy atom. The lowest BCUT2D eigenvalue weighted by Crippen LogP contribution is -2.14. The topological polar surface area (TPSA) is 66.9 Å². The molecule has 5 nitrogen and oxygen atoms in total. The molecule has 0 aliphatic rings. The second-order valence-electron chi connectivity index (χ2n) is 6.86. The molecule has 27 heavy (non-hydrogen) atoms. The zero-order chi connectivity index (χ0) is 19.4. The number of amides is 1. The molecule has 3 rings (SSSR count). The molecule has 0 aliphatic carbocycles. The third-order valence-corrected chi connectivity index (χ3v) is 4.60. The average Bonchev–Trinajstić information content (AvgIpc) is 2.66. The quantitative estimate of drug-likeness (QED) is 0.655. The van der Waals surface area contributed by atoms with Crippen molar-refractivity contribution >= 4 is 23.2 Å². The molecule has 1 aromatic heterocycles. The first-order chi connectivity index (χ1) is 13.0. The molecule has 5 heteroatoms. The van der Waals surface area contributed by atoms with Crippen LogP contribution in [0.25, 0.3) is 0 Å². The zero-order valence-corrected chi connectivity index (χ0v) is 16.1. The first-order valence-corrected chi connectivity index (χ1v) is 9.01. The van der Waals surface area contributed by atoms with Gasteiger partial charge in [0, 0.05) is 23.8 Å². The number of aryl methyl sites for hydroxylation is 1. The van der Waals surface area contributed by atoms with Gasteiger partial charge in [-0.05, 0) is 48.6 Å². The van der Waals surface area contributed by atoms with E-state index in [1.54, 1.807) is 0 Å². The van der Waals surface area contributed by atoms with Crippen LogP contribution in [-0.4, -0.2) is 15.9 Å². The van der Waals surface area contributed by atoms with Crippen LogP contribution >= 0.6 is 0 Å². The molecule has 2 aromatic carbocycles. The van der Waals surface area contributed by atoms with E-state index < -0.39 is 0 Å². The standard InChI is InChI=1S/C22H24N4O/c1-14(2)18-9-5-6-10-20(18)26-22-23-12-17(13-24-22)21(27)25-19-11-7-8-15(3)16(19)4/h5-14H,1-4H3,(H,25,27)(H,23,24,26). The van der Waals surface area contributed by atoms with Gasteiger partial charge in [0.25, 0.3) is 5.91 Å². The van der Waals surface area contributed by atoms with Gasteiger partial charge in [0.15, 0.2) is 0 Å². The predicted molar refractivity (Wildman–Crippen MR) is 110 cm³/mol. The lowest BCUT2D eigenvalue weighted by atomic mass is 10.0. The number of anilines is 3. The lowest BCUT2D eigenvalue weighted by molar-refractivity contribution is 0.102. The van der Waals surface area contributed by atoms with Crippen LogP contribution in [0.2, 0.25) is 0 Å². The maximum absolute atomic E-state index is 12.5. The summed E-state index contributed by atoms with van der Waals surface area (Å²) >= 11 is 0. The highest BCUT2D eigenvalue weighted by molar-refractivity contribution is 6.04. The van der Waals surface area contributed by atoms with Crippen molar-refractivity contribution in [3.05, 3.63) is 77.1 Å². The Balaban J connectivity index is 1.74. The van der Waals surface area contributed by atoms with Crippen molar-refractivity contribution in [2.24, 2.45) is 0 Å². The van der Waals surface area contributed by atoms with Gasteiger partial charge in [0.2, 0.25) is 5.95 Å². The van der Waals surface area contributed by atoms with E-state index in [0.29, 0.717) is 17.4 Å². The Labute approximate surface area is 159 Å². The minimum Gasteiger partial charge on any atom is -0.324 e. The summed E-state index contributed by atoms with van der Waals surface area (Å²) in [7, 11) is 0. The molecular weight excluding hydrogens is 336 g/mol. The van der Waals surface area contributed by atoms with Crippen LogP contribution in [0.5, 0.6) is 0 Å². The van der Waals surface area contributed by atoms with Gasteiger partial charge in [0.05, 0.1) is 5.56 Å². The van der Waals surface area contributed by atoms with Gasteiger partial charge < -0.3 is 10.6 Å². The summed E-state index contributed by atoms with van der Waals surface area (Å²) in [6.07, 6.45) is 3.07. The molecule has 0 fully saturated rings. The smallest absolute Gasteiger partial charge is 0.258 e. The highest BCUT2D eigenvalue weighted by Gasteiger charge is 2.11. The molecule has 0 saturated carbocycles. The summed E-state index contributed by atoms with van der Waals surface area (Å²) in [4.78, 5) is 21.1. The first kappa shape index (κ1) is 18.6. The zero-order valence-electron chi connectivity index (χ0n) is 16.1. The van der Waals surface area contributed by atoms with Crippen molar-refractivity contribution in [3.8, 4) is 0 Å².